The fourth-order valence-electron chi connectivity index (χ4n) is 8.94. The molecule has 0 unspecified atom stereocenters. The topological polar surface area (TPSA) is 127 Å². The molecule has 2 aliphatic heterocycles. The number of nitrogens with zero attached hydrogens (tertiary/aromatic N) is 3. The van der Waals surface area contributed by atoms with Gasteiger partial charge in [-0.3, -0.25) is 13.4 Å². The second-order valence-corrected chi connectivity index (χ2v) is 17.8. The molecule has 61 heavy (non-hydrogen) atoms. The van der Waals surface area contributed by atoms with Gasteiger partial charge in [0.2, 0.25) is 27.5 Å². The summed E-state index contributed by atoms with van der Waals surface area (Å²) in [5, 5.41) is 13.6. The van der Waals surface area contributed by atoms with Crippen LogP contribution in [0.25, 0.3) is 0 Å². The van der Waals surface area contributed by atoms with Gasteiger partial charge in [-0.15, -0.1) is 4.33 Å². The number of benzene rings is 4. The number of allylic oxidation sites excluding steroid dienone is 8. The molecule has 4 aromatic rings. The molecule has 2 heterocycles. The van der Waals surface area contributed by atoms with Gasteiger partial charge in [0.25, 0.3) is 0 Å². The number of hydrogen-bond acceptors (Lipinski definition) is 11. The summed E-state index contributed by atoms with van der Waals surface area (Å²) in [6.07, 6.45) is 12.8. The van der Waals surface area contributed by atoms with Crippen LogP contribution < -0.4 is 19.6 Å². The Morgan fingerprint density at radius 2 is 1.13 bits per heavy atom. The van der Waals surface area contributed by atoms with E-state index in [9.17, 15) is 18.2 Å². The van der Waals surface area contributed by atoms with Gasteiger partial charge in [-0.2, -0.15) is 4.58 Å². The summed E-state index contributed by atoms with van der Waals surface area (Å²) in [5.41, 5.74) is 11.9. The summed E-state index contributed by atoms with van der Waals surface area (Å²) in [6.45, 7) is 10.3. The van der Waals surface area contributed by atoms with Gasteiger partial charge >= 0.3 is 0 Å². The molecule has 3 aliphatic rings. The van der Waals surface area contributed by atoms with Crippen LogP contribution in [0.4, 0.5) is 22.7 Å². The van der Waals surface area contributed by atoms with Crippen LogP contribution in [0.15, 0.2) is 156 Å². The molecule has 0 bridgehead atoms. The van der Waals surface area contributed by atoms with E-state index in [-0.39, 0.29) is 17.4 Å². The summed E-state index contributed by atoms with van der Waals surface area (Å²) in [4.78, 5) is 4.60. The molecule has 13 heteroatoms. The largest absolute Gasteiger partial charge is 0.726 e. The van der Waals surface area contributed by atoms with Crippen molar-refractivity contribution in [2.45, 2.75) is 70.6 Å². The van der Waals surface area contributed by atoms with E-state index >= 15 is 0 Å². The first-order valence-corrected chi connectivity index (χ1v) is 22.6. The molecule has 11 nitrogen and oxygen atoms in total. The Morgan fingerprint density at radius 1 is 0.672 bits per heavy atom. The van der Waals surface area contributed by atoms with Gasteiger partial charge in [0.1, 0.15) is 0 Å². The summed E-state index contributed by atoms with van der Waals surface area (Å²) < 4.78 is 50.4. The van der Waals surface area contributed by atoms with E-state index in [1.165, 1.54) is 28.0 Å². The van der Waals surface area contributed by atoms with E-state index in [0.717, 1.165) is 53.4 Å². The number of hydrogen-bond donors (Lipinski definition) is 0. The van der Waals surface area contributed by atoms with Crippen molar-refractivity contribution in [3.8, 4) is 0 Å². The zero-order valence-electron chi connectivity index (χ0n) is 35.0. The monoisotopic (exact) mass is 862 g/mol. The summed E-state index contributed by atoms with van der Waals surface area (Å²) in [5.74, 6) is 0. The van der Waals surface area contributed by atoms with Gasteiger partial charge in [-0.25, -0.2) is 8.42 Å². The van der Waals surface area contributed by atoms with Gasteiger partial charge < -0.3 is 19.6 Å². The van der Waals surface area contributed by atoms with Crippen molar-refractivity contribution in [3.05, 3.63) is 167 Å². The molecule has 7 rings (SSSR count). The Morgan fingerprint density at radius 3 is 1.61 bits per heavy atom. The molecule has 0 amide bonds. The van der Waals surface area contributed by atoms with Gasteiger partial charge in [0.15, 0.2) is 12.3 Å². The molecule has 0 saturated heterocycles. The fourth-order valence-corrected chi connectivity index (χ4v) is 9.51. The Labute approximate surface area is 364 Å². The molecule has 4 aromatic carbocycles. The first kappa shape index (κ1) is 44.2. The molecule has 1 aliphatic carbocycles. The lowest BCUT2D eigenvalue weighted by atomic mass is 9.82. The van der Waals surface area contributed by atoms with Crippen molar-refractivity contribution in [2.75, 3.05) is 36.1 Å². The molecule has 320 valence electrons. The molecule has 0 N–H and O–H groups in total. The third-order valence-electron chi connectivity index (χ3n) is 11.7. The highest BCUT2D eigenvalue weighted by atomic mass is 32.3. The lowest BCUT2D eigenvalue weighted by Crippen LogP contribution is -2.28. The highest BCUT2D eigenvalue weighted by Gasteiger charge is 2.41. The normalized spacial score (nSPS) is 19.6. The predicted molar refractivity (Wildman–Crippen MR) is 240 cm³/mol. The first-order chi connectivity index (χ1) is 29.4. The van der Waals surface area contributed by atoms with Crippen LogP contribution >= 0.6 is 12.3 Å². The number of para-hydroxylation sites is 4. The first-order valence-electron chi connectivity index (χ1n) is 20.6. The van der Waals surface area contributed by atoms with Crippen LogP contribution in [-0.4, -0.2) is 45.0 Å². The summed E-state index contributed by atoms with van der Waals surface area (Å²) >= 11 is 0.532. The standard InChI is InChI=1S/C48H53N3O8S2/c1-47(2)40-24-11-13-26-42(40)49(32-16-34-56-60-59-58-52)44(47)30-28-36-18-15-19-37(46(36)51(38-20-7-5-8-21-38)39-22-9-6-10-23-39)29-31-45-48(3,4)41-25-12-14-27-43(41)50(45)33-17-35-57-61(53,54)55/h5-14,20-31H,15-19,32-35H2,1-4H3,(H-,52,53,54,55)/p-1. The highest BCUT2D eigenvalue weighted by Crippen LogP contribution is 2.49. The maximum absolute atomic E-state index is 11.2. The maximum atomic E-state index is 11.2. The minimum absolute atomic E-state index is 0.191. The molecule has 1 saturated carbocycles. The van der Waals surface area contributed by atoms with Crippen molar-refractivity contribution in [1.82, 2.24) is 4.58 Å². The zero-order valence-corrected chi connectivity index (χ0v) is 36.6. The maximum Gasteiger partial charge on any atom is 0.218 e. The SMILES string of the molecule is CC1(C)/C(=C\C=C2/CCC/C(=C\C=C3\N(CCCOS(=O)(=O)[O-])c4ccccc4C3(C)C)C2=[N+](c2ccccc2)c2ccccc2)N(CCCOSOO[O-])c2ccccc21. The van der Waals surface area contributed by atoms with Crippen molar-refractivity contribution in [1.29, 1.82) is 0 Å². The Kier molecular flexibility index (Phi) is 14.1. The van der Waals surface area contributed by atoms with Gasteiger partial charge in [-0.05, 0) is 67.5 Å². The van der Waals surface area contributed by atoms with Crippen LogP contribution in [0.3, 0.4) is 0 Å². The average molecular weight is 863 g/mol. The van der Waals surface area contributed by atoms with Crippen LogP contribution in [-0.2, 0) is 39.0 Å². The second kappa shape index (κ2) is 19.5. The lowest BCUT2D eigenvalue weighted by Gasteiger charge is -2.28. The van der Waals surface area contributed by atoms with Crippen LogP contribution in [0.5, 0.6) is 0 Å². The quantitative estimate of drug-likeness (QED) is 0.0203. The molecule has 1 fully saturated rings. The molecule has 0 spiro atoms. The van der Waals surface area contributed by atoms with Crippen molar-refractivity contribution in [2.24, 2.45) is 0 Å². The van der Waals surface area contributed by atoms with E-state index in [2.05, 4.69) is 165 Å². The van der Waals surface area contributed by atoms with Gasteiger partial charge in [0, 0.05) is 82.1 Å². The average Bonchev–Trinajstić information content (AvgIpc) is 3.61. The molecular formula is C48H52N3O8S2-. The van der Waals surface area contributed by atoms with Gasteiger partial charge in [0.05, 0.1) is 13.2 Å². The number of fused-ring (bicyclic) bond motifs is 2. The van der Waals surface area contributed by atoms with E-state index in [1.54, 1.807) is 0 Å². The predicted octanol–water partition coefficient (Wildman–Crippen LogP) is 9.42. The van der Waals surface area contributed by atoms with E-state index in [0.29, 0.717) is 44.9 Å². The van der Waals surface area contributed by atoms with Crippen molar-refractivity contribution in [3.63, 3.8) is 0 Å². The number of rotatable bonds is 16. The van der Waals surface area contributed by atoms with Crippen molar-refractivity contribution < 1.29 is 36.0 Å². The van der Waals surface area contributed by atoms with Crippen molar-refractivity contribution >= 4 is 51.2 Å². The second-order valence-electron chi connectivity index (χ2n) is 16.2. The lowest BCUT2D eigenvalue weighted by molar-refractivity contribution is -0.777. The fraction of sp³-hybridized carbons (Fsp3) is 0.312. The zero-order chi connectivity index (χ0) is 43.0. The molecule has 0 aromatic heterocycles. The highest BCUT2D eigenvalue weighted by molar-refractivity contribution is 7.89. The van der Waals surface area contributed by atoms with Crippen LogP contribution in [0.2, 0.25) is 0 Å². The summed E-state index contributed by atoms with van der Waals surface area (Å²) in [7, 11) is -4.78. The van der Waals surface area contributed by atoms with E-state index in [1.807, 2.05) is 24.3 Å². The van der Waals surface area contributed by atoms with Crippen LogP contribution in [0, 0.1) is 0 Å². The number of anilines is 2. The van der Waals surface area contributed by atoms with E-state index < -0.39 is 10.4 Å². The van der Waals surface area contributed by atoms with Crippen LogP contribution in [0.1, 0.15) is 70.9 Å². The molecular weight excluding hydrogens is 811 g/mol. The Balaban J connectivity index is 1.36. The third kappa shape index (κ3) is 9.95. The van der Waals surface area contributed by atoms with E-state index in [4.69, 9.17) is 4.18 Å². The molecule has 0 atom stereocenters. The molecule has 0 radical (unpaired) electrons. The minimum Gasteiger partial charge on any atom is -0.726 e. The Bertz CT molecular complexity index is 2400. The Hall–Kier alpha value is -4.83. The smallest absolute Gasteiger partial charge is 0.218 e. The third-order valence-corrected chi connectivity index (χ3v) is 12.5. The van der Waals surface area contributed by atoms with Gasteiger partial charge in [-0.1, -0.05) is 113 Å². The summed E-state index contributed by atoms with van der Waals surface area (Å²) in [6, 6.07) is 37.8. The minimum atomic E-state index is -4.78.